The summed E-state index contributed by atoms with van der Waals surface area (Å²) in [6.45, 7) is 0. The Kier molecular flexibility index (Phi) is 4.23. The molecule has 2 rings (SSSR count). The van der Waals surface area contributed by atoms with Crippen LogP contribution in [0.1, 0.15) is 36.0 Å². The lowest BCUT2D eigenvalue weighted by atomic mass is 9.97. The maximum Gasteiger partial charge on any atom is 0.252 e. The van der Waals surface area contributed by atoms with Crippen LogP contribution in [-0.4, -0.2) is 23.5 Å². The van der Waals surface area contributed by atoms with Crippen molar-refractivity contribution in [3.05, 3.63) is 29.6 Å². The SMILES string of the molecule is COc1cc(C(=O)NC2(C(N)=S)CCCC2)ccc1F. The molecule has 4 nitrogen and oxygen atoms in total. The summed E-state index contributed by atoms with van der Waals surface area (Å²) in [6.07, 6.45) is 3.44. The van der Waals surface area contributed by atoms with Crippen LogP contribution >= 0.6 is 12.2 Å². The normalized spacial score (nSPS) is 16.7. The van der Waals surface area contributed by atoms with E-state index in [1.54, 1.807) is 0 Å². The smallest absolute Gasteiger partial charge is 0.252 e. The van der Waals surface area contributed by atoms with Crippen LogP contribution in [0.15, 0.2) is 18.2 Å². The van der Waals surface area contributed by atoms with Crippen molar-refractivity contribution in [3.8, 4) is 5.75 Å². The van der Waals surface area contributed by atoms with E-state index >= 15 is 0 Å². The van der Waals surface area contributed by atoms with Gasteiger partial charge in [-0.1, -0.05) is 25.1 Å². The standard InChI is InChI=1S/C14H17FN2O2S/c1-19-11-8-9(4-5-10(11)15)12(18)17-14(13(16)20)6-2-3-7-14/h4-5,8H,2-3,6-7H2,1H3,(H2,16,20)(H,17,18). The average molecular weight is 296 g/mol. The van der Waals surface area contributed by atoms with Crippen molar-refractivity contribution in [3.63, 3.8) is 0 Å². The maximum atomic E-state index is 13.3. The van der Waals surface area contributed by atoms with Gasteiger partial charge in [0.05, 0.1) is 17.6 Å². The van der Waals surface area contributed by atoms with Crippen molar-refractivity contribution in [2.45, 2.75) is 31.2 Å². The molecule has 1 aliphatic rings. The molecule has 6 heteroatoms. The molecule has 0 heterocycles. The third-order valence-electron chi connectivity index (χ3n) is 3.69. The molecule has 0 bridgehead atoms. The van der Waals surface area contributed by atoms with Crippen LogP contribution in [-0.2, 0) is 0 Å². The number of hydrogen-bond acceptors (Lipinski definition) is 3. The minimum Gasteiger partial charge on any atom is -0.494 e. The fourth-order valence-electron chi connectivity index (χ4n) is 2.50. The summed E-state index contributed by atoms with van der Waals surface area (Å²) in [6, 6.07) is 3.98. The fraction of sp³-hybridized carbons (Fsp3) is 0.429. The number of amides is 1. The zero-order valence-corrected chi connectivity index (χ0v) is 12.1. The first kappa shape index (κ1) is 14.7. The molecule has 0 radical (unpaired) electrons. The minimum absolute atomic E-state index is 0.0356. The van der Waals surface area contributed by atoms with Gasteiger partial charge in [-0.15, -0.1) is 0 Å². The zero-order chi connectivity index (χ0) is 14.8. The molecule has 20 heavy (non-hydrogen) atoms. The predicted octanol–water partition coefficient (Wildman–Crippen LogP) is 2.16. The second kappa shape index (κ2) is 5.75. The molecule has 108 valence electrons. The van der Waals surface area contributed by atoms with Crippen molar-refractivity contribution in [1.82, 2.24) is 5.32 Å². The van der Waals surface area contributed by atoms with E-state index in [1.165, 1.54) is 25.3 Å². The Morgan fingerprint density at radius 3 is 2.65 bits per heavy atom. The molecule has 3 N–H and O–H groups in total. The van der Waals surface area contributed by atoms with E-state index in [-0.39, 0.29) is 11.7 Å². The summed E-state index contributed by atoms with van der Waals surface area (Å²) in [5, 5.41) is 2.90. The molecule has 1 aromatic rings. The second-order valence-corrected chi connectivity index (χ2v) is 5.40. The first-order valence-electron chi connectivity index (χ1n) is 6.44. The van der Waals surface area contributed by atoms with Gasteiger partial charge in [0.15, 0.2) is 11.6 Å². The molecule has 1 amide bonds. The van der Waals surface area contributed by atoms with E-state index in [9.17, 15) is 9.18 Å². The molecule has 1 aromatic carbocycles. The monoisotopic (exact) mass is 296 g/mol. The summed E-state index contributed by atoms with van der Waals surface area (Å²) in [4.78, 5) is 12.6. The van der Waals surface area contributed by atoms with Crippen LogP contribution in [0.5, 0.6) is 5.75 Å². The van der Waals surface area contributed by atoms with Gasteiger partial charge in [-0.3, -0.25) is 4.79 Å². The van der Waals surface area contributed by atoms with Crippen LogP contribution in [0.3, 0.4) is 0 Å². The topological polar surface area (TPSA) is 64.3 Å². The summed E-state index contributed by atoms with van der Waals surface area (Å²) in [5.41, 5.74) is 5.48. The Morgan fingerprint density at radius 1 is 1.45 bits per heavy atom. The molecular formula is C14H17FN2O2S. The van der Waals surface area contributed by atoms with E-state index < -0.39 is 11.4 Å². The van der Waals surface area contributed by atoms with Gasteiger partial charge in [0.25, 0.3) is 5.91 Å². The molecule has 0 spiro atoms. The highest BCUT2D eigenvalue weighted by atomic mass is 32.1. The van der Waals surface area contributed by atoms with Gasteiger partial charge in [-0.2, -0.15) is 0 Å². The second-order valence-electron chi connectivity index (χ2n) is 4.96. The first-order valence-corrected chi connectivity index (χ1v) is 6.85. The molecule has 0 unspecified atom stereocenters. The summed E-state index contributed by atoms with van der Waals surface area (Å²) in [7, 11) is 1.35. The third kappa shape index (κ3) is 2.75. The lowest BCUT2D eigenvalue weighted by molar-refractivity contribution is 0.0924. The van der Waals surface area contributed by atoms with Crippen molar-refractivity contribution in [1.29, 1.82) is 0 Å². The van der Waals surface area contributed by atoms with Gasteiger partial charge in [0, 0.05) is 5.56 Å². The Hall–Kier alpha value is -1.69. The number of nitrogens with one attached hydrogen (secondary N) is 1. The molecule has 0 saturated heterocycles. The lowest BCUT2D eigenvalue weighted by Gasteiger charge is -2.29. The third-order valence-corrected chi connectivity index (χ3v) is 4.09. The van der Waals surface area contributed by atoms with Crippen molar-refractivity contribution >= 4 is 23.1 Å². The number of rotatable bonds is 4. The Bertz CT molecular complexity index is 542. The number of ether oxygens (including phenoxy) is 1. The van der Waals surface area contributed by atoms with Gasteiger partial charge in [0.1, 0.15) is 0 Å². The van der Waals surface area contributed by atoms with Gasteiger partial charge in [-0.25, -0.2) is 4.39 Å². The molecule has 0 atom stereocenters. The Balaban J connectivity index is 2.21. The Morgan fingerprint density at radius 2 is 2.10 bits per heavy atom. The highest BCUT2D eigenvalue weighted by molar-refractivity contribution is 7.80. The first-order chi connectivity index (χ1) is 9.48. The van der Waals surface area contributed by atoms with E-state index in [1.807, 2.05) is 0 Å². The number of methoxy groups -OCH3 is 1. The molecule has 1 aliphatic carbocycles. The number of halogens is 1. The predicted molar refractivity (Wildman–Crippen MR) is 78.4 cm³/mol. The number of benzene rings is 1. The van der Waals surface area contributed by atoms with Crippen molar-refractivity contribution < 1.29 is 13.9 Å². The summed E-state index contributed by atoms with van der Waals surface area (Å²) in [5.74, 6) is -0.791. The number of nitrogens with two attached hydrogens (primary N) is 1. The summed E-state index contributed by atoms with van der Waals surface area (Å²) < 4.78 is 18.2. The van der Waals surface area contributed by atoms with E-state index in [4.69, 9.17) is 22.7 Å². The molecule has 0 aromatic heterocycles. The minimum atomic E-state index is -0.617. The van der Waals surface area contributed by atoms with Gasteiger partial charge in [-0.05, 0) is 31.0 Å². The van der Waals surface area contributed by atoms with E-state index in [0.717, 1.165) is 25.7 Å². The van der Waals surface area contributed by atoms with Crippen molar-refractivity contribution in [2.24, 2.45) is 5.73 Å². The molecule has 1 fully saturated rings. The van der Waals surface area contributed by atoms with Gasteiger partial charge >= 0.3 is 0 Å². The number of thiocarbonyl (C=S) groups is 1. The van der Waals surface area contributed by atoms with Crippen LogP contribution in [0.2, 0.25) is 0 Å². The van der Waals surface area contributed by atoms with Crippen LogP contribution in [0, 0.1) is 5.82 Å². The number of hydrogen-bond donors (Lipinski definition) is 2. The van der Waals surface area contributed by atoms with Crippen LogP contribution < -0.4 is 15.8 Å². The van der Waals surface area contributed by atoms with Crippen LogP contribution in [0.4, 0.5) is 4.39 Å². The van der Waals surface area contributed by atoms with E-state index in [0.29, 0.717) is 10.6 Å². The highest BCUT2D eigenvalue weighted by Crippen LogP contribution is 2.30. The van der Waals surface area contributed by atoms with Crippen molar-refractivity contribution in [2.75, 3.05) is 7.11 Å². The highest BCUT2D eigenvalue weighted by Gasteiger charge is 2.38. The average Bonchev–Trinajstić information content (AvgIpc) is 2.89. The fourth-order valence-corrected chi connectivity index (χ4v) is 2.76. The molecule has 1 saturated carbocycles. The van der Waals surface area contributed by atoms with Gasteiger partial charge in [0.2, 0.25) is 0 Å². The zero-order valence-electron chi connectivity index (χ0n) is 11.2. The Labute approximate surface area is 122 Å². The van der Waals surface area contributed by atoms with Gasteiger partial charge < -0.3 is 15.8 Å². The quantitative estimate of drug-likeness (QED) is 0.836. The lowest BCUT2D eigenvalue weighted by Crippen LogP contribution is -2.54. The number of carbonyl (C=O) groups excluding carboxylic acids is 1. The molecule has 0 aliphatic heterocycles. The summed E-state index contributed by atoms with van der Waals surface area (Å²) >= 11 is 5.08. The maximum absolute atomic E-state index is 13.3. The van der Waals surface area contributed by atoms with E-state index in [2.05, 4.69) is 5.32 Å². The largest absolute Gasteiger partial charge is 0.494 e. The molecular weight excluding hydrogens is 279 g/mol. The number of carbonyl (C=O) groups is 1. The van der Waals surface area contributed by atoms with Crippen LogP contribution in [0.25, 0.3) is 0 Å².